The van der Waals surface area contributed by atoms with Crippen LogP contribution < -0.4 is 11.1 Å². The van der Waals surface area contributed by atoms with Crippen LogP contribution in [0.1, 0.15) is 18.5 Å². The summed E-state index contributed by atoms with van der Waals surface area (Å²) in [7, 11) is 0. The van der Waals surface area contributed by atoms with Crippen LogP contribution in [-0.2, 0) is 11.3 Å². The lowest BCUT2D eigenvalue weighted by atomic mass is 9.95. The smallest absolute Gasteiger partial charge is 0.257 e. The molecule has 0 aliphatic carbocycles. The number of carbonyl (C=O) groups excluding carboxylic acids is 1. The summed E-state index contributed by atoms with van der Waals surface area (Å²) in [6.45, 7) is 1.21. The molecule has 2 atom stereocenters. The summed E-state index contributed by atoms with van der Waals surface area (Å²) in [6, 6.07) is 8.85. The number of nitrogens with zero attached hydrogens (tertiary/aromatic N) is 2. The third kappa shape index (κ3) is 4.11. The molecule has 1 amide bonds. The lowest BCUT2D eigenvalue weighted by molar-refractivity contribution is -0.120. The predicted molar refractivity (Wildman–Crippen MR) is 79.4 cm³/mol. The number of halogens is 2. The minimum Gasteiger partial charge on any atom is -0.323 e. The fraction of sp³-hybridized carbons (Fsp3) is 0.333. The van der Waals surface area contributed by atoms with Gasteiger partial charge >= 0.3 is 0 Å². The zero-order valence-corrected chi connectivity index (χ0v) is 12.1. The zero-order chi connectivity index (χ0) is 16.1. The van der Waals surface area contributed by atoms with Crippen LogP contribution >= 0.6 is 0 Å². The average molecular weight is 308 g/mol. The topological polar surface area (TPSA) is 72.9 Å². The van der Waals surface area contributed by atoms with Crippen molar-refractivity contribution in [2.75, 3.05) is 5.32 Å². The van der Waals surface area contributed by atoms with E-state index >= 15 is 0 Å². The van der Waals surface area contributed by atoms with Crippen molar-refractivity contribution in [2.24, 2.45) is 11.7 Å². The molecule has 7 heteroatoms. The number of rotatable bonds is 6. The van der Waals surface area contributed by atoms with E-state index in [-0.39, 0.29) is 5.91 Å². The van der Waals surface area contributed by atoms with Crippen LogP contribution in [-0.4, -0.2) is 22.1 Å². The van der Waals surface area contributed by atoms with Crippen LogP contribution in [0.25, 0.3) is 0 Å². The van der Waals surface area contributed by atoms with Gasteiger partial charge in [-0.25, -0.2) is 8.78 Å². The van der Waals surface area contributed by atoms with Gasteiger partial charge in [0, 0.05) is 12.2 Å². The van der Waals surface area contributed by atoms with E-state index in [0.29, 0.717) is 5.69 Å². The Kier molecular flexibility index (Phi) is 5.21. The number of hydrogen-bond acceptors (Lipinski definition) is 3. The fourth-order valence-electron chi connectivity index (χ4n) is 2.05. The van der Waals surface area contributed by atoms with Crippen molar-refractivity contribution < 1.29 is 13.6 Å². The molecule has 2 aromatic rings. The van der Waals surface area contributed by atoms with Crippen LogP contribution in [0.2, 0.25) is 0 Å². The normalized spacial score (nSPS) is 13.9. The first-order valence-electron chi connectivity index (χ1n) is 6.89. The van der Waals surface area contributed by atoms with Gasteiger partial charge in [0.2, 0.25) is 5.91 Å². The molecule has 0 bridgehead atoms. The van der Waals surface area contributed by atoms with Gasteiger partial charge in [0.1, 0.15) is 6.54 Å². The molecule has 0 saturated carbocycles. The van der Waals surface area contributed by atoms with Crippen molar-refractivity contribution in [1.29, 1.82) is 0 Å². The molecular weight excluding hydrogens is 290 g/mol. The molecule has 1 heterocycles. The van der Waals surface area contributed by atoms with Gasteiger partial charge in [-0.1, -0.05) is 37.3 Å². The number of hydrogen-bond donors (Lipinski definition) is 2. The van der Waals surface area contributed by atoms with Gasteiger partial charge in [-0.15, -0.1) is 0 Å². The summed E-state index contributed by atoms with van der Waals surface area (Å²) < 4.78 is 25.6. The van der Waals surface area contributed by atoms with E-state index in [4.69, 9.17) is 5.73 Å². The molecule has 22 heavy (non-hydrogen) atoms. The Balaban J connectivity index is 1.98. The average Bonchev–Trinajstić information content (AvgIpc) is 2.92. The van der Waals surface area contributed by atoms with E-state index in [1.807, 2.05) is 30.3 Å². The highest BCUT2D eigenvalue weighted by Gasteiger charge is 2.22. The van der Waals surface area contributed by atoms with Gasteiger partial charge in [-0.05, 0) is 5.56 Å². The van der Waals surface area contributed by atoms with Gasteiger partial charge in [0.15, 0.2) is 0 Å². The number of amides is 1. The van der Waals surface area contributed by atoms with Gasteiger partial charge in [-0.3, -0.25) is 9.48 Å². The second-order valence-corrected chi connectivity index (χ2v) is 5.06. The highest BCUT2D eigenvalue weighted by atomic mass is 19.3. The minimum absolute atomic E-state index is 0.284. The van der Waals surface area contributed by atoms with Crippen LogP contribution in [0.15, 0.2) is 42.7 Å². The number of benzene rings is 1. The molecule has 0 spiro atoms. The first-order chi connectivity index (χ1) is 10.5. The number of aromatic nitrogens is 2. The standard InChI is InChI=1S/C15H18F2N4O/c1-10(14(18)11-5-3-2-4-6-11)15(22)20-12-7-19-21(8-12)9-13(16)17/h2-8,10,13-14H,9,18H2,1H3,(H,20,22). The van der Waals surface area contributed by atoms with Gasteiger partial charge in [0.05, 0.1) is 17.8 Å². The van der Waals surface area contributed by atoms with Crippen molar-refractivity contribution in [2.45, 2.75) is 25.9 Å². The van der Waals surface area contributed by atoms with Crippen LogP contribution in [0.5, 0.6) is 0 Å². The van der Waals surface area contributed by atoms with Gasteiger partial charge in [0.25, 0.3) is 6.43 Å². The van der Waals surface area contributed by atoms with E-state index in [1.165, 1.54) is 12.4 Å². The van der Waals surface area contributed by atoms with Crippen molar-refractivity contribution in [3.63, 3.8) is 0 Å². The summed E-state index contributed by atoms with van der Waals surface area (Å²) in [5.41, 5.74) is 7.32. The Hall–Kier alpha value is -2.28. The lowest BCUT2D eigenvalue weighted by Gasteiger charge is -2.19. The van der Waals surface area contributed by atoms with Crippen LogP contribution in [0.3, 0.4) is 0 Å². The Morgan fingerprint density at radius 1 is 1.36 bits per heavy atom. The minimum atomic E-state index is -2.49. The quantitative estimate of drug-likeness (QED) is 0.861. The first-order valence-corrected chi connectivity index (χ1v) is 6.89. The summed E-state index contributed by atoms with van der Waals surface area (Å²) >= 11 is 0. The van der Waals surface area contributed by atoms with E-state index in [0.717, 1.165) is 10.2 Å². The van der Waals surface area contributed by atoms with Gasteiger partial charge < -0.3 is 11.1 Å². The Morgan fingerprint density at radius 2 is 2.05 bits per heavy atom. The number of nitrogens with two attached hydrogens (primary N) is 1. The molecule has 118 valence electrons. The summed E-state index contributed by atoms with van der Waals surface area (Å²) in [4.78, 5) is 12.2. The summed E-state index contributed by atoms with van der Waals surface area (Å²) in [5, 5.41) is 6.40. The SMILES string of the molecule is CC(C(=O)Nc1cnn(CC(F)F)c1)C(N)c1ccccc1. The van der Waals surface area contributed by atoms with Crippen molar-refractivity contribution in [3.8, 4) is 0 Å². The molecule has 2 unspecified atom stereocenters. The summed E-state index contributed by atoms with van der Waals surface area (Å²) in [5.74, 6) is -0.756. The maximum atomic E-state index is 12.2. The molecule has 3 N–H and O–H groups in total. The number of nitrogens with one attached hydrogen (secondary N) is 1. The van der Waals surface area contributed by atoms with Crippen LogP contribution in [0.4, 0.5) is 14.5 Å². The molecule has 0 radical (unpaired) electrons. The molecular formula is C15H18F2N4O. The van der Waals surface area contributed by atoms with E-state index in [2.05, 4.69) is 10.4 Å². The molecule has 0 fully saturated rings. The maximum Gasteiger partial charge on any atom is 0.257 e. The van der Waals surface area contributed by atoms with E-state index in [9.17, 15) is 13.6 Å². The van der Waals surface area contributed by atoms with Gasteiger partial charge in [-0.2, -0.15) is 5.10 Å². The third-order valence-electron chi connectivity index (χ3n) is 3.36. The highest BCUT2D eigenvalue weighted by Crippen LogP contribution is 2.20. The first kappa shape index (κ1) is 16.1. The van der Waals surface area contributed by atoms with Crippen molar-refractivity contribution in [3.05, 3.63) is 48.3 Å². The Labute approximate surface area is 127 Å². The monoisotopic (exact) mass is 308 g/mol. The maximum absolute atomic E-state index is 12.2. The zero-order valence-electron chi connectivity index (χ0n) is 12.1. The van der Waals surface area contributed by atoms with Crippen LogP contribution in [0, 0.1) is 5.92 Å². The Morgan fingerprint density at radius 3 is 2.68 bits per heavy atom. The number of carbonyl (C=O) groups is 1. The fourth-order valence-corrected chi connectivity index (χ4v) is 2.05. The highest BCUT2D eigenvalue weighted by molar-refractivity contribution is 5.92. The second kappa shape index (κ2) is 7.13. The Bertz CT molecular complexity index is 615. The largest absolute Gasteiger partial charge is 0.323 e. The van der Waals surface area contributed by atoms with E-state index < -0.39 is 24.9 Å². The molecule has 0 aliphatic rings. The van der Waals surface area contributed by atoms with E-state index in [1.54, 1.807) is 6.92 Å². The summed E-state index contributed by atoms with van der Waals surface area (Å²) in [6.07, 6.45) is 0.208. The van der Waals surface area contributed by atoms with Crippen molar-refractivity contribution >= 4 is 11.6 Å². The second-order valence-electron chi connectivity index (χ2n) is 5.06. The number of alkyl halides is 2. The molecule has 1 aromatic carbocycles. The van der Waals surface area contributed by atoms with Crippen molar-refractivity contribution in [1.82, 2.24) is 9.78 Å². The predicted octanol–water partition coefficient (Wildman–Crippen LogP) is 2.42. The molecule has 1 aromatic heterocycles. The molecule has 5 nitrogen and oxygen atoms in total. The number of anilines is 1. The third-order valence-corrected chi connectivity index (χ3v) is 3.36. The molecule has 0 aliphatic heterocycles. The lowest BCUT2D eigenvalue weighted by Crippen LogP contribution is -2.30. The molecule has 0 saturated heterocycles. The molecule has 2 rings (SSSR count).